The number of nitrogens with zero attached hydrogens (tertiary/aromatic N) is 2. The first-order valence-electron chi connectivity index (χ1n) is 9.24. The molecule has 0 N–H and O–H groups in total. The molecule has 0 aliphatic carbocycles. The van der Waals surface area contributed by atoms with E-state index >= 15 is 0 Å². The number of piperidine rings is 1. The lowest BCUT2D eigenvalue weighted by atomic mass is 9.95. The van der Waals surface area contributed by atoms with E-state index < -0.39 is 0 Å². The predicted molar refractivity (Wildman–Crippen MR) is 98.1 cm³/mol. The number of hydrogen-bond donors (Lipinski definition) is 0. The summed E-state index contributed by atoms with van der Waals surface area (Å²) in [6.45, 7) is 5.20. The molecule has 1 atom stereocenters. The van der Waals surface area contributed by atoms with E-state index in [-0.39, 0.29) is 0 Å². The molecule has 3 rings (SSSR count). The van der Waals surface area contributed by atoms with Crippen molar-refractivity contribution >= 4 is 0 Å². The van der Waals surface area contributed by atoms with Gasteiger partial charge in [0.1, 0.15) is 6.61 Å². The van der Waals surface area contributed by atoms with Gasteiger partial charge in [0, 0.05) is 17.8 Å². The molecule has 2 heterocycles. The molecule has 0 saturated carbocycles. The number of pyridine rings is 1. The number of aromatic nitrogens is 1. The average Bonchev–Trinajstić information content (AvgIpc) is 2.66. The topological polar surface area (TPSA) is 25.4 Å². The van der Waals surface area contributed by atoms with Crippen molar-refractivity contribution in [2.45, 2.75) is 51.7 Å². The second kappa shape index (κ2) is 8.84. The summed E-state index contributed by atoms with van der Waals surface area (Å²) < 4.78 is 6.09. The van der Waals surface area contributed by atoms with Gasteiger partial charge >= 0.3 is 0 Å². The Hall–Kier alpha value is -1.87. The van der Waals surface area contributed by atoms with Crippen LogP contribution in [0.5, 0.6) is 5.88 Å². The zero-order chi connectivity index (χ0) is 16.6. The fourth-order valence-corrected chi connectivity index (χ4v) is 3.48. The Morgan fingerprint density at radius 1 is 1.12 bits per heavy atom. The molecule has 3 nitrogen and oxygen atoms in total. The standard InChI is InChI=1S/C21H28N2O/c1-2-3-15-23-16-8-7-13-20(23)19-12-9-14-22-21(19)24-17-18-10-5-4-6-11-18/h4-6,9-12,14,20H,2-3,7-8,13,15-17H2,1H3. The highest BCUT2D eigenvalue weighted by Gasteiger charge is 2.26. The third-order valence-electron chi connectivity index (χ3n) is 4.79. The summed E-state index contributed by atoms with van der Waals surface area (Å²) in [5.41, 5.74) is 2.44. The molecule has 3 heteroatoms. The van der Waals surface area contributed by atoms with Gasteiger partial charge in [0.15, 0.2) is 0 Å². The molecule has 0 amide bonds. The van der Waals surface area contributed by atoms with Gasteiger partial charge in [0.2, 0.25) is 5.88 Å². The Bertz CT molecular complexity index is 614. The maximum Gasteiger partial charge on any atom is 0.218 e. The van der Waals surface area contributed by atoms with Gasteiger partial charge in [0.25, 0.3) is 0 Å². The van der Waals surface area contributed by atoms with Gasteiger partial charge in [-0.2, -0.15) is 0 Å². The highest BCUT2D eigenvalue weighted by molar-refractivity contribution is 5.30. The zero-order valence-corrected chi connectivity index (χ0v) is 14.7. The molecule has 24 heavy (non-hydrogen) atoms. The minimum atomic E-state index is 0.449. The smallest absolute Gasteiger partial charge is 0.218 e. The average molecular weight is 324 g/mol. The van der Waals surface area contributed by atoms with Crippen LogP contribution in [-0.2, 0) is 6.61 Å². The van der Waals surface area contributed by atoms with E-state index in [0.717, 1.165) is 5.88 Å². The van der Waals surface area contributed by atoms with Crippen LogP contribution < -0.4 is 4.74 Å². The maximum absolute atomic E-state index is 6.09. The quantitative estimate of drug-likeness (QED) is 0.717. The van der Waals surface area contributed by atoms with Gasteiger partial charge in [-0.15, -0.1) is 0 Å². The second-order valence-corrected chi connectivity index (χ2v) is 6.57. The molecular formula is C21H28N2O. The fraction of sp³-hybridized carbons (Fsp3) is 0.476. The summed E-state index contributed by atoms with van der Waals surface area (Å²) in [4.78, 5) is 7.16. The summed E-state index contributed by atoms with van der Waals surface area (Å²) >= 11 is 0. The third kappa shape index (κ3) is 4.35. The Kier molecular flexibility index (Phi) is 6.25. The molecule has 1 aromatic carbocycles. The lowest BCUT2D eigenvalue weighted by Crippen LogP contribution is -2.34. The minimum Gasteiger partial charge on any atom is -0.473 e. The lowest BCUT2D eigenvalue weighted by Gasteiger charge is -2.36. The summed E-state index contributed by atoms with van der Waals surface area (Å²) in [5, 5.41) is 0. The molecule has 1 saturated heterocycles. The maximum atomic E-state index is 6.09. The summed E-state index contributed by atoms with van der Waals surface area (Å²) in [5.74, 6) is 0.801. The lowest BCUT2D eigenvalue weighted by molar-refractivity contribution is 0.141. The van der Waals surface area contributed by atoms with E-state index in [1.165, 1.54) is 56.3 Å². The summed E-state index contributed by atoms with van der Waals surface area (Å²) in [7, 11) is 0. The highest BCUT2D eigenvalue weighted by Crippen LogP contribution is 2.35. The number of benzene rings is 1. The van der Waals surface area contributed by atoms with Crippen molar-refractivity contribution in [3.05, 3.63) is 59.8 Å². The van der Waals surface area contributed by atoms with Crippen LogP contribution in [-0.4, -0.2) is 23.0 Å². The fourth-order valence-electron chi connectivity index (χ4n) is 3.48. The Labute approximate surface area is 145 Å². The second-order valence-electron chi connectivity index (χ2n) is 6.57. The van der Waals surface area contributed by atoms with Crippen LogP contribution in [0.2, 0.25) is 0 Å². The molecule has 0 bridgehead atoms. The Balaban J connectivity index is 1.74. The van der Waals surface area contributed by atoms with E-state index in [0.29, 0.717) is 12.6 Å². The van der Waals surface area contributed by atoms with E-state index in [2.05, 4.69) is 35.0 Å². The normalized spacial score (nSPS) is 18.5. The minimum absolute atomic E-state index is 0.449. The third-order valence-corrected chi connectivity index (χ3v) is 4.79. The van der Waals surface area contributed by atoms with Crippen LogP contribution in [0.1, 0.15) is 56.2 Å². The monoisotopic (exact) mass is 324 g/mol. The van der Waals surface area contributed by atoms with Crippen molar-refractivity contribution < 1.29 is 4.74 Å². The Morgan fingerprint density at radius 3 is 2.83 bits per heavy atom. The molecule has 0 spiro atoms. The van der Waals surface area contributed by atoms with Gasteiger partial charge in [-0.3, -0.25) is 4.90 Å². The van der Waals surface area contributed by atoms with Crippen LogP contribution in [0, 0.1) is 0 Å². The largest absolute Gasteiger partial charge is 0.473 e. The van der Waals surface area contributed by atoms with Crippen LogP contribution >= 0.6 is 0 Å². The number of likely N-dealkylation sites (tertiary alicyclic amines) is 1. The van der Waals surface area contributed by atoms with Crippen LogP contribution in [0.15, 0.2) is 48.7 Å². The SMILES string of the molecule is CCCCN1CCCCC1c1cccnc1OCc1ccccc1. The Morgan fingerprint density at radius 2 is 2.00 bits per heavy atom. The van der Waals surface area contributed by atoms with Gasteiger partial charge in [-0.1, -0.05) is 56.2 Å². The molecule has 128 valence electrons. The van der Waals surface area contributed by atoms with E-state index in [4.69, 9.17) is 4.74 Å². The van der Waals surface area contributed by atoms with Crippen molar-refractivity contribution in [3.8, 4) is 5.88 Å². The van der Waals surface area contributed by atoms with E-state index in [1.54, 1.807) is 0 Å². The van der Waals surface area contributed by atoms with E-state index in [1.807, 2.05) is 30.5 Å². The molecule has 1 aliphatic heterocycles. The van der Waals surface area contributed by atoms with Crippen molar-refractivity contribution in [1.29, 1.82) is 0 Å². The first kappa shape index (κ1) is 17.0. The van der Waals surface area contributed by atoms with Crippen molar-refractivity contribution in [3.63, 3.8) is 0 Å². The number of unbranched alkanes of at least 4 members (excludes halogenated alkanes) is 1. The molecular weight excluding hydrogens is 296 g/mol. The molecule has 1 aliphatic rings. The van der Waals surface area contributed by atoms with Gasteiger partial charge in [-0.25, -0.2) is 4.98 Å². The molecule has 0 radical (unpaired) electrons. The molecule has 1 fully saturated rings. The molecule has 1 aromatic heterocycles. The highest BCUT2D eigenvalue weighted by atomic mass is 16.5. The van der Waals surface area contributed by atoms with Gasteiger partial charge in [-0.05, 0) is 44.0 Å². The molecule has 2 aromatic rings. The summed E-state index contributed by atoms with van der Waals surface area (Å²) in [6.07, 6.45) is 8.14. The molecule has 1 unspecified atom stereocenters. The first-order valence-corrected chi connectivity index (χ1v) is 9.24. The van der Waals surface area contributed by atoms with E-state index in [9.17, 15) is 0 Å². The van der Waals surface area contributed by atoms with Crippen LogP contribution in [0.4, 0.5) is 0 Å². The van der Waals surface area contributed by atoms with Crippen molar-refractivity contribution in [2.24, 2.45) is 0 Å². The van der Waals surface area contributed by atoms with Gasteiger partial charge in [0.05, 0.1) is 0 Å². The number of ether oxygens (including phenoxy) is 1. The zero-order valence-electron chi connectivity index (χ0n) is 14.7. The van der Waals surface area contributed by atoms with Gasteiger partial charge < -0.3 is 4.74 Å². The predicted octanol–water partition coefficient (Wildman–Crippen LogP) is 4.99. The number of hydrogen-bond acceptors (Lipinski definition) is 3. The van der Waals surface area contributed by atoms with Crippen LogP contribution in [0.3, 0.4) is 0 Å². The van der Waals surface area contributed by atoms with Crippen molar-refractivity contribution in [1.82, 2.24) is 9.88 Å². The summed E-state index contributed by atoms with van der Waals surface area (Å²) in [6, 6.07) is 15.0. The number of rotatable bonds is 7. The van der Waals surface area contributed by atoms with Crippen LogP contribution in [0.25, 0.3) is 0 Å². The van der Waals surface area contributed by atoms with Crippen molar-refractivity contribution in [2.75, 3.05) is 13.1 Å². The first-order chi connectivity index (χ1) is 11.9.